The fourth-order valence-electron chi connectivity index (χ4n) is 4.66. The fraction of sp³-hybridized carbons (Fsp3) is 0.300. The van der Waals surface area contributed by atoms with Gasteiger partial charge in [-0.2, -0.15) is 0 Å². The van der Waals surface area contributed by atoms with Gasteiger partial charge in [0.1, 0.15) is 0 Å². The molecule has 0 amide bonds. The van der Waals surface area contributed by atoms with E-state index in [9.17, 15) is 10.2 Å². The van der Waals surface area contributed by atoms with Crippen molar-refractivity contribution >= 4 is 22.4 Å². The molecule has 0 saturated carbocycles. The van der Waals surface area contributed by atoms with Crippen molar-refractivity contribution in [3.05, 3.63) is 52.5 Å². The van der Waals surface area contributed by atoms with Gasteiger partial charge >= 0.3 is 0 Å². The van der Waals surface area contributed by atoms with Gasteiger partial charge in [-0.05, 0) is 38.8 Å². The Morgan fingerprint density at radius 3 is 2.12 bits per heavy atom. The molecule has 2 atom stereocenters. The van der Waals surface area contributed by atoms with Crippen LogP contribution in [-0.2, 0) is 15.9 Å². The number of hydrogen-bond donors (Lipinski definition) is 2. The highest BCUT2D eigenvalue weighted by molar-refractivity contribution is 6.35. The molecule has 1 aromatic heterocycles. The van der Waals surface area contributed by atoms with Crippen LogP contribution < -0.4 is 0 Å². The van der Waals surface area contributed by atoms with Crippen LogP contribution in [0, 0.1) is 0 Å². The molecule has 2 aliphatic rings. The number of nitrogens with zero attached hydrogens (tertiary/aromatic N) is 1. The first-order valence-corrected chi connectivity index (χ1v) is 8.79. The van der Waals surface area contributed by atoms with Gasteiger partial charge in [-0.3, -0.25) is 4.57 Å². The molecule has 5 heteroatoms. The molecular weight excluding hydrogens is 338 g/mol. The smallest absolute Gasteiger partial charge is 0.205 e. The van der Waals surface area contributed by atoms with Crippen LogP contribution in [0.15, 0.2) is 36.4 Å². The second-order valence-corrected chi connectivity index (χ2v) is 7.82. The number of hydrogen-bond acceptors (Lipinski definition) is 3. The number of aromatic hydroxyl groups is 2. The van der Waals surface area contributed by atoms with Crippen LogP contribution in [0.4, 0.5) is 0 Å². The number of aromatic nitrogens is 1. The van der Waals surface area contributed by atoms with E-state index in [0.717, 1.165) is 23.6 Å². The Morgan fingerprint density at radius 2 is 1.48 bits per heavy atom. The van der Waals surface area contributed by atoms with Crippen LogP contribution in [0.2, 0.25) is 5.02 Å². The maximum Gasteiger partial charge on any atom is 0.205 e. The highest BCUT2D eigenvalue weighted by Gasteiger charge is 2.59. The number of benzene rings is 2. The molecular formula is C20H18ClNO3. The van der Waals surface area contributed by atoms with E-state index in [4.69, 9.17) is 16.3 Å². The summed E-state index contributed by atoms with van der Waals surface area (Å²) < 4.78 is 7.68. The summed E-state index contributed by atoms with van der Waals surface area (Å²) >= 11 is 6.32. The molecule has 2 N–H and O–H groups in total. The molecule has 0 radical (unpaired) electrons. The second-order valence-electron chi connectivity index (χ2n) is 7.41. The summed E-state index contributed by atoms with van der Waals surface area (Å²) in [7, 11) is 0. The first-order chi connectivity index (χ1) is 11.9. The van der Waals surface area contributed by atoms with Crippen LogP contribution in [-0.4, -0.2) is 14.8 Å². The first-order valence-electron chi connectivity index (χ1n) is 8.41. The molecule has 128 valence electrons. The standard InChI is InChI=1S/C20H18ClNO3/c1-19-9-10-20(2,25-19)16-15(19)17(23)22(18(16)24)14-8-4-5-11-12(14)6-3-7-13(11)21/h3-8,23-24H,9-10H2,1-2H3/t19-,20+. The van der Waals surface area contributed by atoms with Gasteiger partial charge in [-0.1, -0.05) is 35.9 Å². The van der Waals surface area contributed by atoms with E-state index in [2.05, 4.69) is 0 Å². The minimum Gasteiger partial charge on any atom is -0.494 e. The molecule has 5 rings (SSSR count). The number of fused-ring (bicyclic) bond motifs is 6. The largest absolute Gasteiger partial charge is 0.494 e. The molecule has 2 aliphatic heterocycles. The lowest BCUT2D eigenvalue weighted by Crippen LogP contribution is -2.17. The average molecular weight is 356 g/mol. The molecule has 0 spiro atoms. The summed E-state index contributed by atoms with van der Waals surface area (Å²) in [5.74, 6) is 0.0943. The van der Waals surface area contributed by atoms with Crippen molar-refractivity contribution in [2.75, 3.05) is 0 Å². The maximum absolute atomic E-state index is 11.0. The summed E-state index contributed by atoms with van der Waals surface area (Å²) in [5, 5.41) is 24.4. The zero-order chi connectivity index (χ0) is 17.6. The van der Waals surface area contributed by atoms with E-state index in [0.29, 0.717) is 21.8 Å². The molecule has 2 aromatic carbocycles. The lowest BCUT2D eigenvalue weighted by atomic mass is 9.80. The van der Waals surface area contributed by atoms with Gasteiger partial charge < -0.3 is 14.9 Å². The molecule has 0 aliphatic carbocycles. The Hall–Kier alpha value is -2.17. The third-order valence-corrected chi connectivity index (χ3v) is 6.12. The molecule has 1 saturated heterocycles. The van der Waals surface area contributed by atoms with Gasteiger partial charge in [0.05, 0.1) is 28.0 Å². The van der Waals surface area contributed by atoms with Gasteiger partial charge in [-0.15, -0.1) is 0 Å². The predicted molar refractivity (Wildman–Crippen MR) is 96.6 cm³/mol. The van der Waals surface area contributed by atoms with Crippen molar-refractivity contribution in [2.45, 2.75) is 37.9 Å². The van der Waals surface area contributed by atoms with Crippen LogP contribution in [0.3, 0.4) is 0 Å². The lowest BCUT2D eigenvalue weighted by Gasteiger charge is -2.21. The van der Waals surface area contributed by atoms with E-state index in [1.165, 1.54) is 4.57 Å². The van der Waals surface area contributed by atoms with Crippen LogP contribution in [0.5, 0.6) is 11.8 Å². The van der Waals surface area contributed by atoms with Crippen molar-refractivity contribution in [1.82, 2.24) is 4.57 Å². The summed E-state index contributed by atoms with van der Waals surface area (Å²) in [6.07, 6.45) is 1.66. The number of rotatable bonds is 1. The monoisotopic (exact) mass is 355 g/mol. The van der Waals surface area contributed by atoms with E-state index in [-0.39, 0.29) is 11.8 Å². The summed E-state index contributed by atoms with van der Waals surface area (Å²) in [4.78, 5) is 0. The zero-order valence-corrected chi connectivity index (χ0v) is 14.8. The van der Waals surface area contributed by atoms with Crippen molar-refractivity contribution in [3.8, 4) is 17.4 Å². The van der Waals surface area contributed by atoms with Crippen molar-refractivity contribution < 1.29 is 14.9 Å². The minimum absolute atomic E-state index is 0.0471. The summed E-state index contributed by atoms with van der Waals surface area (Å²) in [6.45, 7) is 3.96. The Labute approximate surface area is 150 Å². The highest BCUT2D eigenvalue weighted by atomic mass is 35.5. The van der Waals surface area contributed by atoms with Gasteiger partial charge in [0.15, 0.2) is 0 Å². The van der Waals surface area contributed by atoms with E-state index >= 15 is 0 Å². The number of halogens is 1. The third-order valence-electron chi connectivity index (χ3n) is 5.79. The zero-order valence-electron chi connectivity index (χ0n) is 14.0. The average Bonchev–Trinajstić information content (AvgIpc) is 3.12. The molecule has 4 nitrogen and oxygen atoms in total. The van der Waals surface area contributed by atoms with Gasteiger partial charge in [0.2, 0.25) is 11.8 Å². The Kier molecular flexibility index (Phi) is 2.73. The second kappa shape index (κ2) is 4.51. The molecule has 3 aromatic rings. The molecule has 2 bridgehead atoms. The van der Waals surface area contributed by atoms with E-state index < -0.39 is 11.2 Å². The van der Waals surface area contributed by atoms with Crippen molar-refractivity contribution in [3.63, 3.8) is 0 Å². The van der Waals surface area contributed by atoms with Gasteiger partial charge in [0, 0.05) is 15.8 Å². The van der Waals surface area contributed by atoms with Crippen LogP contribution in [0.1, 0.15) is 37.8 Å². The van der Waals surface area contributed by atoms with Crippen LogP contribution in [0.25, 0.3) is 16.5 Å². The molecule has 25 heavy (non-hydrogen) atoms. The predicted octanol–water partition coefficient (Wildman–Crippen LogP) is 4.95. The Bertz CT molecular complexity index is 1020. The summed E-state index contributed by atoms with van der Waals surface area (Å²) in [5.41, 5.74) is 1.00. The van der Waals surface area contributed by atoms with Gasteiger partial charge in [0.25, 0.3) is 0 Å². The lowest BCUT2D eigenvalue weighted by molar-refractivity contribution is -0.0683. The minimum atomic E-state index is -0.556. The van der Waals surface area contributed by atoms with Crippen molar-refractivity contribution in [2.24, 2.45) is 0 Å². The third kappa shape index (κ3) is 1.71. The topological polar surface area (TPSA) is 54.6 Å². The normalized spacial score (nSPS) is 27.2. The van der Waals surface area contributed by atoms with Crippen molar-refractivity contribution in [1.29, 1.82) is 0 Å². The molecule has 0 unspecified atom stereocenters. The summed E-state index contributed by atoms with van der Waals surface area (Å²) in [6, 6.07) is 11.3. The molecule has 1 fully saturated rings. The SMILES string of the molecule is C[C@]12CC[C@](C)(O1)c1c2c(O)n(-c2cccc3c(Cl)cccc23)c1O. The van der Waals surface area contributed by atoms with Crippen LogP contribution >= 0.6 is 11.6 Å². The van der Waals surface area contributed by atoms with Gasteiger partial charge in [-0.25, -0.2) is 0 Å². The fourth-order valence-corrected chi connectivity index (χ4v) is 4.89. The highest BCUT2D eigenvalue weighted by Crippen LogP contribution is 2.64. The number of ether oxygens (including phenoxy) is 1. The molecule has 3 heterocycles. The quantitative estimate of drug-likeness (QED) is 0.649. The van der Waals surface area contributed by atoms with E-state index in [1.807, 2.05) is 50.2 Å². The van der Waals surface area contributed by atoms with E-state index in [1.54, 1.807) is 0 Å². The maximum atomic E-state index is 11.0. The first kappa shape index (κ1) is 15.1. The Morgan fingerprint density at radius 1 is 0.920 bits per heavy atom. The Balaban J connectivity index is 1.87.